The Morgan fingerprint density at radius 3 is 2.40 bits per heavy atom. The summed E-state index contributed by atoms with van der Waals surface area (Å²) in [6, 6.07) is 5.25. The summed E-state index contributed by atoms with van der Waals surface area (Å²) in [4.78, 5) is 24.4. The number of para-hydroxylation sites is 1. The molecule has 0 spiro atoms. The molecule has 0 bridgehead atoms. The number of carbonyl (C=O) groups is 2. The zero-order chi connectivity index (χ0) is 17.7. The quantitative estimate of drug-likeness (QED) is 0.723. The molecular formula is C17H24ClN5O2. The lowest BCUT2D eigenvalue weighted by Crippen LogP contribution is -2.40. The predicted molar refractivity (Wildman–Crippen MR) is 99.8 cm³/mol. The van der Waals surface area contributed by atoms with Crippen LogP contribution in [-0.2, 0) is 16.6 Å². The fraction of sp³-hybridized carbons (Fsp3) is 0.353. The van der Waals surface area contributed by atoms with E-state index in [2.05, 4.69) is 21.0 Å². The zero-order valence-corrected chi connectivity index (χ0v) is 15.6. The molecule has 2 amide bonds. The number of aryl methyl sites for hydroxylation is 3. The van der Waals surface area contributed by atoms with Crippen LogP contribution in [0.4, 0.5) is 5.69 Å². The maximum atomic E-state index is 12.3. The lowest BCUT2D eigenvalue weighted by atomic mass is 10.1. The fourth-order valence-electron chi connectivity index (χ4n) is 2.50. The van der Waals surface area contributed by atoms with Gasteiger partial charge in [0.1, 0.15) is 6.04 Å². The summed E-state index contributed by atoms with van der Waals surface area (Å²) in [6.07, 6.45) is 3.38. The van der Waals surface area contributed by atoms with Crippen molar-refractivity contribution >= 4 is 29.9 Å². The molecular weight excluding hydrogens is 342 g/mol. The van der Waals surface area contributed by atoms with Gasteiger partial charge in [0.25, 0.3) is 0 Å². The number of halogens is 1. The summed E-state index contributed by atoms with van der Waals surface area (Å²) < 4.78 is 1.63. The molecule has 0 saturated heterocycles. The molecule has 0 radical (unpaired) electrons. The number of nitrogens with one attached hydrogen (secondary N) is 3. The normalized spacial score (nSPS) is 11.4. The summed E-state index contributed by atoms with van der Waals surface area (Å²) in [5.41, 5.74) is 3.50. The van der Waals surface area contributed by atoms with Crippen LogP contribution >= 0.6 is 12.4 Å². The molecule has 2 rings (SSSR count). The van der Waals surface area contributed by atoms with Crippen LogP contribution in [0.25, 0.3) is 0 Å². The Morgan fingerprint density at radius 2 is 1.88 bits per heavy atom. The molecule has 8 heteroatoms. The van der Waals surface area contributed by atoms with E-state index in [4.69, 9.17) is 0 Å². The van der Waals surface area contributed by atoms with Gasteiger partial charge >= 0.3 is 0 Å². The molecule has 2 aromatic rings. The van der Waals surface area contributed by atoms with Crippen LogP contribution < -0.4 is 16.0 Å². The molecule has 25 heavy (non-hydrogen) atoms. The van der Waals surface area contributed by atoms with E-state index in [1.54, 1.807) is 31.2 Å². The van der Waals surface area contributed by atoms with Crippen molar-refractivity contribution in [2.24, 2.45) is 7.05 Å². The lowest BCUT2D eigenvalue weighted by Gasteiger charge is -2.15. The number of aromatic nitrogens is 2. The number of nitrogens with zero attached hydrogens (tertiary/aromatic N) is 2. The van der Waals surface area contributed by atoms with Crippen molar-refractivity contribution in [1.29, 1.82) is 0 Å². The average molecular weight is 366 g/mol. The molecule has 0 aliphatic heterocycles. The first-order valence-corrected chi connectivity index (χ1v) is 7.72. The molecule has 1 heterocycles. The van der Waals surface area contributed by atoms with Gasteiger partial charge in [-0.05, 0) is 32.0 Å². The summed E-state index contributed by atoms with van der Waals surface area (Å²) in [5, 5.41) is 12.5. The monoisotopic (exact) mass is 365 g/mol. The molecule has 1 aromatic carbocycles. The molecule has 0 aliphatic rings. The summed E-state index contributed by atoms with van der Waals surface area (Å²) in [7, 11) is 3.47. The van der Waals surface area contributed by atoms with Crippen LogP contribution in [0, 0.1) is 13.8 Å². The van der Waals surface area contributed by atoms with Gasteiger partial charge in [0.15, 0.2) is 0 Å². The molecule has 0 aliphatic carbocycles. The van der Waals surface area contributed by atoms with Crippen LogP contribution in [0.1, 0.15) is 22.7 Å². The van der Waals surface area contributed by atoms with Crippen molar-refractivity contribution in [2.45, 2.75) is 19.9 Å². The molecule has 0 fully saturated rings. The molecule has 0 saturated carbocycles. The van der Waals surface area contributed by atoms with Crippen molar-refractivity contribution in [3.63, 3.8) is 0 Å². The average Bonchev–Trinajstić information content (AvgIpc) is 2.96. The molecule has 3 N–H and O–H groups in total. The van der Waals surface area contributed by atoms with Crippen LogP contribution in [0.5, 0.6) is 0 Å². The largest absolute Gasteiger partial charge is 0.345 e. The van der Waals surface area contributed by atoms with Gasteiger partial charge in [0.2, 0.25) is 11.8 Å². The maximum Gasteiger partial charge on any atom is 0.243 e. The fourth-order valence-corrected chi connectivity index (χ4v) is 2.50. The minimum absolute atomic E-state index is 0. The number of hydrogen-bond donors (Lipinski definition) is 3. The van der Waals surface area contributed by atoms with E-state index in [9.17, 15) is 9.59 Å². The Labute approximate surface area is 153 Å². The van der Waals surface area contributed by atoms with Crippen molar-refractivity contribution in [3.8, 4) is 0 Å². The van der Waals surface area contributed by atoms with Crippen molar-refractivity contribution in [3.05, 3.63) is 47.3 Å². The van der Waals surface area contributed by atoms with Gasteiger partial charge < -0.3 is 16.0 Å². The number of amides is 2. The zero-order valence-electron chi connectivity index (χ0n) is 14.8. The highest BCUT2D eigenvalue weighted by molar-refractivity contribution is 5.96. The van der Waals surface area contributed by atoms with E-state index in [0.717, 1.165) is 22.4 Å². The van der Waals surface area contributed by atoms with E-state index >= 15 is 0 Å². The van der Waals surface area contributed by atoms with Crippen molar-refractivity contribution < 1.29 is 9.59 Å². The third-order valence-corrected chi connectivity index (χ3v) is 3.78. The smallest absolute Gasteiger partial charge is 0.243 e. The van der Waals surface area contributed by atoms with Crippen LogP contribution in [0.2, 0.25) is 0 Å². The predicted octanol–water partition coefficient (Wildman–Crippen LogP) is 1.47. The number of carbonyl (C=O) groups excluding carboxylic acids is 2. The summed E-state index contributed by atoms with van der Waals surface area (Å²) in [5.74, 6) is -0.538. The molecule has 1 aromatic heterocycles. The number of hydrogen-bond acceptors (Lipinski definition) is 4. The van der Waals surface area contributed by atoms with Gasteiger partial charge in [-0.2, -0.15) is 5.10 Å². The van der Waals surface area contributed by atoms with Gasteiger partial charge in [-0.15, -0.1) is 12.4 Å². The third kappa shape index (κ3) is 5.30. The Balaban J connectivity index is 0.00000312. The minimum Gasteiger partial charge on any atom is -0.345 e. The van der Waals surface area contributed by atoms with Crippen LogP contribution in [0.3, 0.4) is 0 Å². The van der Waals surface area contributed by atoms with E-state index in [1.807, 2.05) is 32.0 Å². The van der Waals surface area contributed by atoms with E-state index in [0.29, 0.717) is 0 Å². The topological polar surface area (TPSA) is 88.1 Å². The van der Waals surface area contributed by atoms with E-state index in [-0.39, 0.29) is 30.8 Å². The van der Waals surface area contributed by atoms with Crippen LogP contribution in [0.15, 0.2) is 30.6 Å². The Morgan fingerprint density at radius 1 is 1.24 bits per heavy atom. The Kier molecular flexibility index (Phi) is 7.60. The first-order valence-electron chi connectivity index (χ1n) is 7.72. The van der Waals surface area contributed by atoms with E-state index < -0.39 is 6.04 Å². The number of rotatable bonds is 6. The highest BCUT2D eigenvalue weighted by atomic mass is 35.5. The van der Waals surface area contributed by atoms with Crippen LogP contribution in [-0.4, -0.2) is 35.2 Å². The standard InChI is InChI=1S/C17H23N5O2.ClH/c1-11-6-5-7-12(2)15(11)21-14(23)9-19-17(24)16(18-3)13-8-20-22(4)10-13;/h5-8,10,16,18H,9H2,1-4H3,(H,19,24)(H,21,23);1H. The highest BCUT2D eigenvalue weighted by Crippen LogP contribution is 2.19. The Hall–Kier alpha value is -2.38. The van der Waals surface area contributed by atoms with Gasteiger partial charge in [0.05, 0.1) is 12.7 Å². The molecule has 136 valence electrons. The number of anilines is 1. The molecule has 1 atom stereocenters. The van der Waals surface area contributed by atoms with Crippen molar-refractivity contribution in [1.82, 2.24) is 20.4 Å². The highest BCUT2D eigenvalue weighted by Gasteiger charge is 2.20. The number of likely N-dealkylation sites (N-methyl/N-ethyl adjacent to an activating group) is 1. The van der Waals surface area contributed by atoms with Crippen molar-refractivity contribution in [2.75, 3.05) is 18.9 Å². The summed E-state index contributed by atoms with van der Waals surface area (Å²) in [6.45, 7) is 3.77. The SMILES string of the molecule is CNC(C(=O)NCC(=O)Nc1c(C)cccc1C)c1cnn(C)c1.Cl. The van der Waals surface area contributed by atoms with Gasteiger partial charge in [-0.25, -0.2) is 0 Å². The first kappa shape index (κ1) is 20.7. The molecule has 1 unspecified atom stereocenters. The lowest BCUT2D eigenvalue weighted by molar-refractivity contribution is -0.125. The van der Waals surface area contributed by atoms with Gasteiger partial charge in [-0.3, -0.25) is 14.3 Å². The van der Waals surface area contributed by atoms with Gasteiger partial charge in [0, 0.05) is 24.5 Å². The Bertz CT molecular complexity index is 724. The number of benzene rings is 1. The molecule has 7 nitrogen and oxygen atoms in total. The minimum atomic E-state index is -0.549. The summed E-state index contributed by atoms with van der Waals surface area (Å²) >= 11 is 0. The van der Waals surface area contributed by atoms with E-state index in [1.165, 1.54) is 0 Å². The second-order valence-electron chi connectivity index (χ2n) is 5.70. The second-order valence-corrected chi connectivity index (χ2v) is 5.70. The third-order valence-electron chi connectivity index (χ3n) is 3.78. The maximum absolute atomic E-state index is 12.3. The van der Waals surface area contributed by atoms with Gasteiger partial charge in [-0.1, -0.05) is 18.2 Å². The first-order chi connectivity index (χ1) is 11.4. The second kappa shape index (κ2) is 9.19.